The maximum atomic E-state index is 13.7. The first-order valence-corrected chi connectivity index (χ1v) is 12.2. The van der Waals surface area contributed by atoms with Gasteiger partial charge in [-0.3, -0.25) is 9.89 Å². The summed E-state index contributed by atoms with van der Waals surface area (Å²) in [6, 6.07) is 13.1. The Hall–Kier alpha value is -2.61. The third-order valence-electron chi connectivity index (χ3n) is 5.44. The third-order valence-corrected chi connectivity index (χ3v) is 6.52. The number of aliphatic imine (C=N–C) groups is 1. The molecule has 0 spiro atoms. The summed E-state index contributed by atoms with van der Waals surface area (Å²) < 4.78 is 41.1. The number of thiocarbonyl (C=S) groups is 1. The van der Waals surface area contributed by atoms with E-state index in [1.165, 1.54) is 12.1 Å². The van der Waals surface area contributed by atoms with E-state index in [2.05, 4.69) is 5.32 Å². The highest BCUT2D eigenvalue weighted by molar-refractivity contribution is 7.99. The van der Waals surface area contributed by atoms with Gasteiger partial charge in [0.25, 0.3) is 0 Å². The average Bonchev–Trinajstić information content (AvgIpc) is 2.98. The molecule has 1 aliphatic heterocycles. The number of rotatable bonds is 7. The van der Waals surface area contributed by atoms with Gasteiger partial charge in [0.1, 0.15) is 5.84 Å². The zero-order chi connectivity index (χ0) is 25.1. The normalized spacial score (nSPS) is 16.9. The molecule has 34 heavy (non-hydrogen) atoms. The lowest BCUT2D eigenvalue weighted by Crippen LogP contribution is -2.44. The van der Waals surface area contributed by atoms with Gasteiger partial charge >= 0.3 is 6.18 Å². The van der Waals surface area contributed by atoms with Crippen LogP contribution >= 0.6 is 24.0 Å². The smallest absolute Gasteiger partial charge is 0.308 e. The average molecular weight is 506 g/mol. The van der Waals surface area contributed by atoms with Gasteiger partial charge in [0, 0.05) is 11.6 Å². The molecule has 3 rings (SSSR count). The lowest BCUT2D eigenvalue weighted by Gasteiger charge is -2.31. The summed E-state index contributed by atoms with van der Waals surface area (Å²) in [7, 11) is 0. The van der Waals surface area contributed by atoms with E-state index in [9.17, 15) is 18.4 Å². The molecule has 0 aliphatic carbocycles. The van der Waals surface area contributed by atoms with Crippen LogP contribution in [0.5, 0.6) is 0 Å². The van der Waals surface area contributed by atoms with Crippen molar-refractivity contribution in [3.8, 4) is 6.07 Å². The minimum absolute atomic E-state index is 0.217. The summed E-state index contributed by atoms with van der Waals surface area (Å²) in [5, 5.41) is 12.7. The minimum atomic E-state index is -4.67. The number of nitrogens with one attached hydrogen (secondary N) is 1. The number of aryl methyl sites for hydroxylation is 1. The van der Waals surface area contributed by atoms with E-state index >= 15 is 0 Å². The Morgan fingerprint density at radius 3 is 2.38 bits per heavy atom. The molecule has 2 aromatic carbocycles. The molecule has 0 atom stereocenters. The summed E-state index contributed by atoms with van der Waals surface area (Å²) in [6.45, 7) is 8.71. The second-order valence-corrected chi connectivity index (χ2v) is 9.57. The van der Waals surface area contributed by atoms with Crippen molar-refractivity contribution in [2.45, 2.75) is 39.4 Å². The molecule has 1 saturated heterocycles. The van der Waals surface area contributed by atoms with Crippen LogP contribution in [-0.4, -0.2) is 34.8 Å². The molecule has 1 heterocycles. The molecule has 0 saturated carbocycles. The van der Waals surface area contributed by atoms with Gasteiger partial charge in [-0.25, -0.2) is 0 Å². The van der Waals surface area contributed by atoms with Crippen molar-refractivity contribution in [1.82, 2.24) is 5.32 Å². The predicted octanol–water partition coefficient (Wildman–Crippen LogP) is 5.93. The van der Waals surface area contributed by atoms with Crippen molar-refractivity contribution in [2.75, 3.05) is 28.1 Å². The monoisotopic (exact) mass is 505 g/mol. The molecule has 180 valence electrons. The fourth-order valence-corrected chi connectivity index (χ4v) is 4.94. The number of amidine groups is 1. The quantitative estimate of drug-likeness (QED) is 0.286. The van der Waals surface area contributed by atoms with Crippen LogP contribution in [-0.2, 0) is 6.18 Å². The maximum absolute atomic E-state index is 13.7. The number of halogens is 3. The highest BCUT2D eigenvalue weighted by Gasteiger charge is 2.48. The van der Waals surface area contributed by atoms with Crippen molar-refractivity contribution < 1.29 is 13.2 Å². The van der Waals surface area contributed by atoms with E-state index in [-0.39, 0.29) is 5.69 Å². The number of alkyl halides is 3. The van der Waals surface area contributed by atoms with Gasteiger partial charge in [0.2, 0.25) is 0 Å². The van der Waals surface area contributed by atoms with Gasteiger partial charge in [0.05, 0.1) is 34.3 Å². The van der Waals surface area contributed by atoms with Crippen LogP contribution in [0.15, 0.2) is 47.5 Å². The Morgan fingerprint density at radius 2 is 1.79 bits per heavy atom. The molecular weight excluding hydrogens is 479 g/mol. The summed E-state index contributed by atoms with van der Waals surface area (Å²) in [5.41, 5.74) is -0.0370. The van der Waals surface area contributed by atoms with Crippen LogP contribution in [0.1, 0.15) is 37.5 Å². The highest BCUT2D eigenvalue weighted by atomic mass is 32.2. The number of nitriles is 1. The third kappa shape index (κ3) is 5.22. The molecule has 1 fully saturated rings. The minimum Gasteiger partial charge on any atom is -0.308 e. The summed E-state index contributed by atoms with van der Waals surface area (Å²) >= 11 is 7.38. The largest absolute Gasteiger partial charge is 0.417 e. The number of benzene rings is 2. The zero-order valence-corrected chi connectivity index (χ0v) is 21.0. The molecular formula is C24H26F3N5S2. The lowest BCUT2D eigenvalue weighted by atomic mass is 10.0. The molecule has 2 aromatic rings. The maximum Gasteiger partial charge on any atom is 0.417 e. The Bertz CT molecular complexity index is 1120. The second-order valence-electron chi connectivity index (χ2n) is 8.25. The highest BCUT2D eigenvalue weighted by Crippen LogP contribution is 2.40. The van der Waals surface area contributed by atoms with Crippen LogP contribution in [0.3, 0.4) is 0 Å². The first-order chi connectivity index (χ1) is 16.0. The van der Waals surface area contributed by atoms with E-state index in [1.807, 2.05) is 56.9 Å². The van der Waals surface area contributed by atoms with Crippen LogP contribution in [0.25, 0.3) is 0 Å². The number of hydrogen-bond donors (Lipinski definition) is 1. The molecule has 1 N–H and O–H groups in total. The van der Waals surface area contributed by atoms with Crippen LogP contribution < -0.4 is 15.1 Å². The standard InChI is InChI=1S/C24H26F3N5S2/c1-5-29-14-34-15-30-21-23(3,4)32(18-9-6-16(2)7-10-18)22(33)31(21)19-11-8-17(13-28)20(12-19)24(25,26)27/h6-12,29H,5,14-15H2,1-4H3. The van der Waals surface area contributed by atoms with Crippen molar-refractivity contribution in [3.63, 3.8) is 0 Å². The fraction of sp³-hybridized carbons (Fsp3) is 0.375. The SMILES string of the molecule is CCNCSCN=C1N(c2ccc(C#N)c(C(F)(F)F)c2)C(=S)N(c2ccc(C)cc2)C1(C)C. The lowest BCUT2D eigenvalue weighted by molar-refractivity contribution is -0.137. The molecule has 10 heteroatoms. The van der Waals surface area contributed by atoms with Crippen LogP contribution in [0.2, 0.25) is 0 Å². The van der Waals surface area contributed by atoms with Gasteiger partial charge in [-0.05, 0) is 69.9 Å². The van der Waals surface area contributed by atoms with Crippen molar-refractivity contribution in [2.24, 2.45) is 4.99 Å². The molecule has 0 amide bonds. The molecule has 1 aliphatic rings. The predicted molar refractivity (Wildman–Crippen MR) is 137 cm³/mol. The van der Waals surface area contributed by atoms with Gasteiger partial charge in [-0.15, -0.1) is 11.8 Å². The van der Waals surface area contributed by atoms with Crippen molar-refractivity contribution in [1.29, 1.82) is 5.26 Å². The van der Waals surface area contributed by atoms with Gasteiger partial charge in [0.15, 0.2) is 5.11 Å². The Kier molecular flexibility index (Phi) is 7.91. The van der Waals surface area contributed by atoms with E-state index in [0.717, 1.165) is 23.9 Å². The zero-order valence-electron chi connectivity index (χ0n) is 19.4. The number of hydrogen-bond acceptors (Lipinski definition) is 5. The van der Waals surface area contributed by atoms with E-state index in [4.69, 9.17) is 17.2 Å². The molecule has 0 aromatic heterocycles. The first kappa shape index (κ1) is 26.0. The molecule has 0 radical (unpaired) electrons. The van der Waals surface area contributed by atoms with Gasteiger partial charge in [-0.1, -0.05) is 24.6 Å². The fourth-order valence-electron chi connectivity index (χ4n) is 3.76. The second kappa shape index (κ2) is 10.3. The molecule has 0 unspecified atom stereocenters. The van der Waals surface area contributed by atoms with Gasteiger partial charge in [-0.2, -0.15) is 18.4 Å². The van der Waals surface area contributed by atoms with Crippen molar-refractivity contribution >= 4 is 46.3 Å². The van der Waals surface area contributed by atoms with Crippen LogP contribution in [0, 0.1) is 18.3 Å². The topological polar surface area (TPSA) is 54.7 Å². The number of nitrogens with zero attached hydrogens (tertiary/aromatic N) is 4. The van der Waals surface area contributed by atoms with Crippen molar-refractivity contribution in [3.05, 3.63) is 59.2 Å². The number of thioether (sulfide) groups is 1. The Morgan fingerprint density at radius 1 is 1.15 bits per heavy atom. The number of anilines is 2. The van der Waals surface area contributed by atoms with E-state index < -0.39 is 22.8 Å². The first-order valence-electron chi connectivity index (χ1n) is 10.7. The van der Waals surface area contributed by atoms with Crippen LogP contribution in [0.4, 0.5) is 24.5 Å². The van der Waals surface area contributed by atoms with E-state index in [0.29, 0.717) is 22.7 Å². The Balaban J connectivity index is 2.12. The summed E-state index contributed by atoms with van der Waals surface area (Å²) in [4.78, 5) is 8.26. The molecule has 5 nitrogen and oxygen atoms in total. The Labute approximate surface area is 207 Å². The van der Waals surface area contributed by atoms with E-state index in [1.54, 1.807) is 22.7 Å². The summed E-state index contributed by atoms with van der Waals surface area (Å²) in [5.74, 6) is 1.66. The summed E-state index contributed by atoms with van der Waals surface area (Å²) in [6.07, 6.45) is -4.67. The molecule has 0 bridgehead atoms. The van der Waals surface area contributed by atoms with Gasteiger partial charge < -0.3 is 10.2 Å².